The first-order chi connectivity index (χ1) is 8.22. The Labute approximate surface area is 105 Å². The molecular weight excluding hydrogens is 214 g/mol. The number of unbranched alkanes of at least 4 members (excludes halogenated alkanes) is 1. The molecule has 3 nitrogen and oxygen atoms in total. The van der Waals surface area contributed by atoms with Gasteiger partial charge < -0.3 is 10.1 Å². The number of rotatable bonds is 8. The maximum atomic E-state index is 12.2. The molecule has 3 heteroatoms. The predicted molar refractivity (Wildman–Crippen MR) is 70.1 cm³/mol. The van der Waals surface area contributed by atoms with Crippen molar-refractivity contribution < 1.29 is 9.53 Å². The van der Waals surface area contributed by atoms with Gasteiger partial charge in [-0.1, -0.05) is 39.5 Å². The van der Waals surface area contributed by atoms with Gasteiger partial charge in [0.1, 0.15) is 5.78 Å². The van der Waals surface area contributed by atoms with Crippen LogP contribution in [0.2, 0.25) is 0 Å². The highest BCUT2D eigenvalue weighted by Crippen LogP contribution is 2.23. The molecule has 1 rings (SSSR count). The van der Waals surface area contributed by atoms with E-state index in [1.165, 1.54) is 19.3 Å². The number of Topliss-reactive ketones (excluding diaryl/α,β-unsaturated/α-hetero) is 1. The van der Waals surface area contributed by atoms with E-state index in [-0.39, 0.29) is 12.0 Å². The minimum atomic E-state index is 0.0793. The zero-order valence-corrected chi connectivity index (χ0v) is 11.5. The third kappa shape index (κ3) is 4.40. The van der Waals surface area contributed by atoms with Gasteiger partial charge in [-0.05, 0) is 13.0 Å². The van der Waals surface area contributed by atoms with E-state index >= 15 is 0 Å². The molecule has 0 aromatic rings. The second-order valence-electron chi connectivity index (χ2n) is 5.13. The lowest BCUT2D eigenvalue weighted by molar-refractivity contribution is -0.124. The molecule has 100 valence electrons. The van der Waals surface area contributed by atoms with Gasteiger partial charge in [0.05, 0.1) is 19.1 Å². The predicted octanol–water partition coefficient (Wildman–Crippen LogP) is 2.40. The van der Waals surface area contributed by atoms with Crippen LogP contribution in [0, 0.1) is 11.8 Å². The third-order valence-electron chi connectivity index (χ3n) is 3.90. The molecule has 0 radical (unpaired) electrons. The second kappa shape index (κ2) is 7.83. The number of ketones is 1. The highest BCUT2D eigenvalue weighted by atomic mass is 16.5. The van der Waals surface area contributed by atoms with E-state index in [1.54, 1.807) is 0 Å². The summed E-state index contributed by atoms with van der Waals surface area (Å²) >= 11 is 0. The summed E-state index contributed by atoms with van der Waals surface area (Å²) < 4.78 is 5.39. The van der Waals surface area contributed by atoms with Gasteiger partial charge >= 0.3 is 0 Å². The highest BCUT2D eigenvalue weighted by molar-refractivity contribution is 5.82. The first kappa shape index (κ1) is 14.7. The van der Waals surface area contributed by atoms with E-state index in [2.05, 4.69) is 19.2 Å². The molecule has 0 aromatic carbocycles. The molecule has 0 spiro atoms. The Balaban J connectivity index is 2.40. The molecular formula is C14H27NO2. The molecule has 1 aliphatic heterocycles. The first-order valence-corrected chi connectivity index (χ1v) is 7.00. The Morgan fingerprint density at radius 1 is 1.41 bits per heavy atom. The monoisotopic (exact) mass is 241 g/mol. The molecule has 0 saturated carbocycles. The number of hydrogen-bond donors (Lipinski definition) is 1. The number of carbonyl (C=O) groups excluding carboxylic acids is 1. The smallest absolute Gasteiger partial charge is 0.140 e. The molecule has 1 aliphatic rings. The van der Waals surface area contributed by atoms with Crippen LogP contribution < -0.4 is 5.32 Å². The summed E-state index contributed by atoms with van der Waals surface area (Å²) in [5, 5.41) is 3.18. The van der Waals surface area contributed by atoms with E-state index in [0.717, 1.165) is 12.8 Å². The van der Waals surface area contributed by atoms with Crippen molar-refractivity contribution in [2.75, 3.05) is 20.3 Å². The van der Waals surface area contributed by atoms with E-state index in [9.17, 15) is 4.79 Å². The zero-order valence-electron chi connectivity index (χ0n) is 11.5. The van der Waals surface area contributed by atoms with Crippen LogP contribution in [-0.2, 0) is 9.53 Å². The van der Waals surface area contributed by atoms with Crippen molar-refractivity contribution in [1.82, 2.24) is 5.32 Å². The van der Waals surface area contributed by atoms with E-state index < -0.39 is 0 Å². The van der Waals surface area contributed by atoms with Crippen LogP contribution in [0.1, 0.15) is 46.0 Å². The fourth-order valence-electron chi connectivity index (χ4n) is 2.54. The minimum absolute atomic E-state index is 0.0793. The molecule has 0 aliphatic carbocycles. The van der Waals surface area contributed by atoms with Crippen molar-refractivity contribution >= 4 is 5.78 Å². The van der Waals surface area contributed by atoms with Crippen molar-refractivity contribution in [3.63, 3.8) is 0 Å². The van der Waals surface area contributed by atoms with Crippen molar-refractivity contribution in [3.8, 4) is 0 Å². The van der Waals surface area contributed by atoms with Crippen molar-refractivity contribution in [1.29, 1.82) is 0 Å². The van der Waals surface area contributed by atoms with Gasteiger partial charge in [-0.25, -0.2) is 0 Å². The molecule has 0 bridgehead atoms. The Hall–Kier alpha value is -0.410. The molecule has 1 saturated heterocycles. The van der Waals surface area contributed by atoms with Crippen LogP contribution in [0.3, 0.4) is 0 Å². The number of likely N-dealkylation sites (N-methyl/N-ethyl adjacent to an activating group) is 1. The van der Waals surface area contributed by atoms with E-state index in [0.29, 0.717) is 24.9 Å². The summed E-state index contributed by atoms with van der Waals surface area (Å²) in [5.41, 5.74) is 0. The van der Waals surface area contributed by atoms with Gasteiger partial charge in [-0.15, -0.1) is 0 Å². The maximum Gasteiger partial charge on any atom is 0.140 e. The molecule has 0 amide bonds. The molecule has 0 aromatic heterocycles. The van der Waals surface area contributed by atoms with Gasteiger partial charge in [-0.2, -0.15) is 0 Å². The van der Waals surface area contributed by atoms with Crippen LogP contribution in [0.15, 0.2) is 0 Å². The van der Waals surface area contributed by atoms with Crippen molar-refractivity contribution in [2.45, 2.75) is 52.0 Å². The Morgan fingerprint density at radius 2 is 2.18 bits per heavy atom. The van der Waals surface area contributed by atoms with Crippen molar-refractivity contribution in [2.24, 2.45) is 11.8 Å². The van der Waals surface area contributed by atoms with Crippen LogP contribution in [-0.4, -0.2) is 32.1 Å². The summed E-state index contributed by atoms with van der Waals surface area (Å²) in [6, 6.07) is 0.228. The topological polar surface area (TPSA) is 38.3 Å². The molecule has 17 heavy (non-hydrogen) atoms. The van der Waals surface area contributed by atoms with Crippen LogP contribution in [0.5, 0.6) is 0 Å². The summed E-state index contributed by atoms with van der Waals surface area (Å²) in [6.07, 6.45) is 5.50. The average Bonchev–Trinajstić information content (AvgIpc) is 2.82. The zero-order chi connectivity index (χ0) is 12.7. The van der Waals surface area contributed by atoms with Gasteiger partial charge in [0.2, 0.25) is 0 Å². The van der Waals surface area contributed by atoms with Crippen molar-refractivity contribution in [3.05, 3.63) is 0 Å². The molecule has 1 N–H and O–H groups in total. The van der Waals surface area contributed by atoms with Gasteiger partial charge in [0.15, 0.2) is 0 Å². The summed E-state index contributed by atoms with van der Waals surface area (Å²) in [7, 11) is 1.91. The van der Waals surface area contributed by atoms with Crippen LogP contribution in [0.4, 0.5) is 0 Å². The Morgan fingerprint density at radius 3 is 2.76 bits per heavy atom. The largest absolute Gasteiger partial charge is 0.379 e. The van der Waals surface area contributed by atoms with Gasteiger partial charge in [0, 0.05) is 12.5 Å². The van der Waals surface area contributed by atoms with Crippen LogP contribution in [0.25, 0.3) is 0 Å². The van der Waals surface area contributed by atoms with Gasteiger partial charge in [-0.3, -0.25) is 4.79 Å². The normalized spacial score (nSPS) is 26.1. The molecule has 1 fully saturated rings. The van der Waals surface area contributed by atoms with Crippen LogP contribution >= 0.6 is 0 Å². The summed E-state index contributed by atoms with van der Waals surface area (Å²) in [6.45, 7) is 5.68. The number of hydrogen-bond acceptors (Lipinski definition) is 3. The molecule has 3 unspecified atom stereocenters. The minimum Gasteiger partial charge on any atom is -0.379 e. The van der Waals surface area contributed by atoms with E-state index in [1.807, 2.05) is 7.05 Å². The lowest BCUT2D eigenvalue weighted by Gasteiger charge is -2.19. The quantitative estimate of drug-likeness (QED) is 0.709. The molecule has 3 atom stereocenters. The second-order valence-corrected chi connectivity index (χ2v) is 5.13. The Kier molecular flexibility index (Phi) is 6.75. The summed E-state index contributed by atoms with van der Waals surface area (Å²) in [4.78, 5) is 12.2. The number of ether oxygens (including phenoxy) is 1. The van der Waals surface area contributed by atoms with Gasteiger partial charge in [0.25, 0.3) is 0 Å². The fourth-order valence-corrected chi connectivity index (χ4v) is 2.54. The standard InChI is InChI=1S/C14H27NO2/c1-4-6-7-11(5-2)8-14(16)12-9-17-10-13(12)15-3/h11-13,15H,4-10H2,1-3H3. The number of carbonyl (C=O) groups is 1. The highest BCUT2D eigenvalue weighted by Gasteiger charge is 2.33. The average molecular weight is 241 g/mol. The fraction of sp³-hybridized carbons (Fsp3) is 0.929. The first-order valence-electron chi connectivity index (χ1n) is 7.00. The Bertz CT molecular complexity index is 230. The number of nitrogens with one attached hydrogen (secondary N) is 1. The lowest BCUT2D eigenvalue weighted by atomic mass is 9.87. The van der Waals surface area contributed by atoms with E-state index in [4.69, 9.17) is 4.74 Å². The SMILES string of the molecule is CCCCC(CC)CC(=O)C1COCC1NC. The summed E-state index contributed by atoms with van der Waals surface area (Å²) in [5.74, 6) is 1.04. The lowest BCUT2D eigenvalue weighted by Crippen LogP contribution is -2.37. The third-order valence-corrected chi connectivity index (χ3v) is 3.90. The molecule has 1 heterocycles. The maximum absolute atomic E-state index is 12.2.